The Hall–Kier alpha value is -1.29. The number of carbonyl (C=O) groups is 1. The Bertz CT molecular complexity index is 293. The summed E-state index contributed by atoms with van der Waals surface area (Å²) >= 11 is 0. The molecule has 1 aromatic heterocycles. The number of aliphatic hydroxyl groups excluding tert-OH is 1. The average Bonchev–Trinajstić information content (AvgIpc) is 2.70. The molecular weight excluding hydrogens is 194 g/mol. The highest BCUT2D eigenvalue weighted by molar-refractivity contribution is 5.77. The van der Waals surface area contributed by atoms with Crippen LogP contribution in [0.5, 0.6) is 0 Å². The molecule has 1 unspecified atom stereocenters. The van der Waals surface area contributed by atoms with E-state index in [9.17, 15) is 9.90 Å². The van der Waals surface area contributed by atoms with Crippen LogP contribution in [0.3, 0.4) is 0 Å². The van der Waals surface area contributed by atoms with Gasteiger partial charge in [-0.05, 0) is 12.5 Å². The number of amides is 1. The fourth-order valence-corrected chi connectivity index (χ4v) is 1.17. The smallest absolute Gasteiger partial charge is 0.222 e. The van der Waals surface area contributed by atoms with Crippen LogP contribution < -0.4 is 5.32 Å². The molecule has 4 nitrogen and oxygen atoms in total. The van der Waals surface area contributed by atoms with Gasteiger partial charge in [-0.2, -0.15) is 0 Å². The van der Waals surface area contributed by atoms with Crippen LogP contribution in [0.2, 0.25) is 0 Å². The van der Waals surface area contributed by atoms with Crippen LogP contribution in [0.4, 0.5) is 0 Å². The molecule has 1 aromatic rings. The lowest BCUT2D eigenvalue weighted by molar-refractivity contribution is -0.124. The molecule has 0 saturated carbocycles. The van der Waals surface area contributed by atoms with Crippen molar-refractivity contribution in [1.82, 2.24) is 5.32 Å². The summed E-state index contributed by atoms with van der Waals surface area (Å²) in [5, 5.41) is 12.4. The molecule has 2 N–H and O–H groups in total. The first-order valence-corrected chi connectivity index (χ1v) is 5.09. The van der Waals surface area contributed by atoms with Crippen molar-refractivity contribution in [2.24, 2.45) is 5.92 Å². The lowest BCUT2D eigenvalue weighted by Crippen LogP contribution is -2.29. The highest BCUT2D eigenvalue weighted by Crippen LogP contribution is 2.15. The zero-order valence-corrected chi connectivity index (χ0v) is 9.06. The fraction of sp³-hybridized carbons (Fsp3) is 0.545. The van der Waals surface area contributed by atoms with Crippen LogP contribution in [-0.2, 0) is 4.79 Å². The fourth-order valence-electron chi connectivity index (χ4n) is 1.17. The van der Waals surface area contributed by atoms with Crippen molar-refractivity contribution in [3.63, 3.8) is 0 Å². The van der Waals surface area contributed by atoms with Gasteiger partial charge in [0, 0.05) is 18.0 Å². The van der Waals surface area contributed by atoms with E-state index in [1.165, 1.54) is 12.5 Å². The Kier molecular flexibility index (Phi) is 4.37. The number of hydrogen-bond donors (Lipinski definition) is 2. The molecule has 1 heterocycles. The van der Waals surface area contributed by atoms with Crippen molar-refractivity contribution in [3.8, 4) is 0 Å². The normalized spacial score (nSPS) is 12.8. The first-order chi connectivity index (χ1) is 7.11. The molecule has 1 amide bonds. The third-order valence-corrected chi connectivity index (χ3v) is 2.17. The summed E-state index contributed by atoms with van der Waals surface area (Å²) in [6.07, 6.45) is 2.95. The number of rotatable bonds is 5. The van der Waals surface area contributed by atoms with Gasteiger partial charge in [-0.15, -0.1) is 0 Å². The summed E-state index contributed by atoms with van der Waals surface area (Å²) in [5.74, 6) is -0.00883. The Balaban J connectivity index is 2.24. The van der Waals surface area contributed by atoms with Gasteiger partial charge in [0.15, 0.2) is 0 Å². The Morgan fingerprint density at radius 2 is 2.33 bits per heavy atom. The Morgan fingerprint density at radius 3 is 2.87 bits per heavy atom. The summed E-state index contributed by atoms with van der Waals surface area (Å²) in [7, 11) is 0. The minimum absolute atomic E-state index is 0.00870. The first-order valence-electron chi connectivity index (χ1n) is 5.09. The summed E-state index contributed by atoms with van der Waals surface area (Å²) in [5.41, 5.74) is 0.744. The summed E-state index contributed by atoms with van der Waals surface area (Å²) < 4.78 is 4.85. The summed E-state index contributed by atoms with van der Waals surface area (Å²) in [6, 6.07) is 1.72. The minimum Gasteiger partial charge on any atom is -0.472 e. The van der Waals surface area contributed by atoms with Gasteiger partial charge in [-0.1, -0.05) is 13.8 Å². The van der Waals surface area contributed by atoms with Crippen molar-refractivity contribution in [1.29, 1.82) is 0 Å². The second-order valence-electron chi connectivity index (χ2n) is 3.81. The molecule has 0 aliphatic carbocycles. The maximum absolute atomic E-state index is 11.2. The van der Waals surface area contributed by atoms with E-state index in [2.05, 4.69) is 5.32 Å². The molecule has 84 valence electrons. The largest absolute Gasteiger partial charge is 0.472 e. The van der Waals surface area contributed by atoms with Crippen LogP contribution in [0, 0.1) is 5.92 Å². The maximum Gasteiger partial charge on any atom is 0.222 e. The highest BCUT2D eigenvalue weighted by atomic mass is 16.3. The van der Waals surface area contributed by atoms with Gasteiger partial charge < -0.3 is 14.8 Å². The topological polar surface area (TPSA) is 62.5 Å². The third kappa shape index (κ3) is 3.75. The number of hydrogen-bond acceptors (Lipinski definition) is 3. The molecule has 0 fully saturated rings. The lowest BCUT2D eigenvalue weighted by atomic mass is 10.1. The van der Waals surface area contributed by atoms with E-state index < -0.39 is 6.10 Å². The zero-order valence-electron chi connectivity index (χ0n) is 9.06. The summed E-state index contributed by atoms with van der Waals surface area (Å²) in [4.78, 5) is 11.2. The van der Waals surface area contributed by atoms with Crippen LogP contribution in [0.25, 0.3) is 0 Å². The van der Waals surface area contributed by atoms with Crippen molar-refractivity contribution in [3.05, 3.63) is 24.2 Å². The van der Waals surface area contributed by atoms with Crippen molar-refractivity contribution < 1.29 is 14.3 Å². The molecular formula is C11H17NO3. The van der Waals surface area contributed by atoms with E-state index in [1.807, 2.05) is 13.8 Å². The molecule has 0 aliphatic rings. The summed E-state index contributed by atoms with van der Waals surface area (Å²) in [6.45, 7) is 4.15. The quantitative estimate of drug-likeness (QED) is 0.775. The zero-order chi connectivity index (χ0) is 11.3. The minimum atomic E-state index is -0.573. The molecule has 4 heteroatoms. The van der Waals surface area contributed by atoms with E-state index in [4.69, 9.17) is 4.42 Å². The highest BCUT2D eigenvalue weighted by Gasteiger charge is 2.10. The number of carbonyl (C=O) groups excluding carboxylic acids is 1. The van der Waals surface area contributed by atoms with E-state index in [0.29, 0.717) is 13.0 Å². The van der Waals surface area contributed by atoms with E-state index in [1.54, 1.807) is 6.07 Å². The van der Waals surface area contributed by atoms with Crippen molar-refractivity contribution in [2.45, 2.75) is 26.4 Å². The standard InChI is InChI=1S/C11H17NO3/c1-8(2)11(14)12-5-3-10(13)9-4-6-15-7-9/h4,6-8,10,13H,3,5H2,1-2H3,(H,12,14). The molecule has 1 atom stereocenters. The second kappa shape index (κ2) is 5.56. The molecule has 15 heavy (non-hydrogen) atoms. The van der Waals surface area contributed by atoms with E-state index in [0.717, 1.165) is 5.56 Å². The van der Waals surface area contributed by atoms with Gasteiger partial charge in [0.2, 0.25) is 5.91 Å². The van der Waals surface area contributed by atoms with Crippen LogP contribution in [0.1, 0.15) is 31.9 Å². The molecule has 0 aliphatic heterocycles. The van der Waals surface area contributed by atoms with Crippen molar-refractivity contribution >= 4 is 5.91 Å². The maximum atomic E-state index is 11.2. The number of nitrogens with one attached hydrogen (secondary N) is 1. The van der Waals surface area contributed by atoms with Crippen LogP contribution in [0.15, 0.2) is 23.0 Å². The molecule has 0 bridgehead atoms. The molecule has 0 aromatic carbocycles. The first kappa shape index (κ1) is 11.8. The van der Waals surface area contributed by atoms with Gasteiger partial charge in [0.05, 0.1) is 18.6 Å². The van der Waals surface area contributed by atoms with Crippen LogP contribution >= 0.6 is 0 Å². The average molecular weight is 211 g/mol. The Labute approximate surface area is 89.3 Å². The molecule has 0 spiro atoms. The third-order valence-electron chi connectivity index (χ3n) is 2.17. The van der Waals surface area contributed by atoms with Crippen molar-refractivity contribution in [2.75, 3.05) is 6.54 Å². The molecule has 0 radical (unpaired) electrons. The SMILES string of the molecule is CC(C)C(=O)NCCC(O)c1ccoc1. The van der Waals surface area contributed by atoms with E-state index in [-0.39, 0.29) is 11.8 Å². The second-order valence-corrected chi connectivity index (χ2v) is 3.81. The predicted octanol–water partition coefficient (Wildman–Crippen LogP) is 1.48. The van der Waals surface area contributed by atoms with E-state index >= 15 is 0 Å². The monoisotopic (exact) mass is 211 g/mol. The number of aliphatic hydroxyl groups is 1. The van der Waals surface area contributed by atoms with Gasteiger partial charge in [0.1, 0.15) is 0 Å². The van der Waals surface area contributed by atoms with Gasteiger partial charge >= 0.3 is 0 Å². The predicted molar refractivity (Wildman–Crippen MR) is 56.1 cm³/mol. The molecule has 0 saturated heterocycles. The van der Waals surface area contributed by atoms with Crippen LogP contribution in [-0.4, -0.2) is 17.6 Å². The van der Waals surface area contributed by atoms with Gasteiger partial charge in [-0.3, -0.25) is 4.79 Å². The number of furan rings is 1. The Morgan fingerprint density at radius 1 is 1.60 bits per heavy atom. The van der Waals surface area contributed by atoms with Gasteiger partial charge in [-0.25, -0.2) is 0 Å². The lowest BCUT2D eigenvalue weighted by Gasteiger charge is -2.10. The molecule has 1 rings (SSSR count). The van der Waals surface area contributed by atoms with Gasteiger partial charge in [0.25, 0.3) is 0 Å².